The fraction of sp³-hybridized carbons (Fsp3) is 0.684. The fourth-order valence-corrected chi connectivity index (χ4v) is 4.72. The first-order valence-electron chi connectivity index (χ1n) is 9.51. The van der Waals surface area contributed by atoms with Gasteiger partial charge in [0.1, 0.15) is 5.82 Å². The summed E-state index contributed by atoms with van der Waals surface area (Å²) in [6.07, 6.45) is 0.230. The van der Waals surface area contributed by atoms with Crippen LogP contribution >= 0.6 is 0 Å². The lowest BCUT2D eigenvalue weighted by Gasteiger charge is -2.34. The van der Waals surface area contributed by atoms with Gasteiger partial charge in [0.2, 0.25) is 5.91 Å². The summed E-state index contributed by atoms with van der Waals surface area (Å²) in [5.41, 5.74) is 4.87. The number of anilines is 1. The highest BCUT2D eigenvalue weighted by atomic mass is 19.4. The van der Waals surface area contributed by atoms with Crippen LogP contribution in [0, 0.1) is 11.8 Å². The average Bonchev–Trinajstić information content (AvgIpc) is 3.18. The minimum atomic E-state index is -4.37. The number of carbonyl (C=O) groups is 1. The van der Waals surface area contributed by atoms with Crippen LogP contribution in [0.1, 0.15) is 38.2 Å². The Labute approximate surface area is 157 Å². The van der Waals surface area contributed by atoms with Gasteiger partial charge in [-0.2, -0.15) is 13.2 Å². The van der Waals surface area contributed by atoms with E-state index in [1.54, 1.807) is 0 Å². The van der Waals surface area contributed by atoms with E-state index in [2.05, 4.69) is 14.8 Å². The number of amides is 1. The summed E-state index contributed by atoms with van der Waals surface area (Å²) < 4.78 is 38.2. The van der Waals surface area contributed by atoms with E-state index in [-0.39, 0.29) is 18.0 Å². The molecule has 0 radical (unpaired) electrons. The van der Waals surface area contributed by atoms with Crippen molar-refractivity contribution < 1.29 is 18.0 Å². The van der Waals surface area contributed by atoms with E-state index in [1.165, 1.54) is 6.07 Å². The maximum Gasteiger partial charge on any atom is 0.417 e. The standard InChI is InChI=1S/C19H27F3N4O/c1-3-4-16(18(23)27)25(2)15-7-5-12-10-26(11-14(12)15)17-8-6-13(9-24-17)19(20,21)22/h6,8-9,12,14-16H,3-5,7,10-11H2,1-2H3,(H2,23,27)/t12-,14+,15+,16+/m1/s1. The van der Waals surface area contributed by atoms with Crippen molar-refractivity contribution >= 4 is 11.7 Å². The zero-order valence-electron chi connectivity index (χ0n) is 15.7. The molecule has 1 saturated carbocycles. The van der Waals surface area contributed by atoms with Gasteiger partial charge in [0.05, 0.1) is 11.6 Å². The number of nitrogens with zero attached hydrogens (tertiary/aromatic N) is 3. The number of carbonyl (C=O) groups excluding carboxylic acids is 1. The Bertz CT molecular complexity index is 664. The predicted molar refractivity (Wildman–Crippen MR) is 97.1 cm³/mol. The van der Waals surface area contributed by atoms with Crippen LogP contribution in [0.25, 0.3) is 0 Å². The molecule has 5 nitrogen and oxygen atoms in total. The van der Waals surface area contributed by atoms with Crippen molar-refractivity contribution in [2.45, 2.75) is 50.9 Å². The topological polar surface area (TPSA) is 62.5 Å². The molecule has 4 atom stereocenters. The molecule has 27 heavy (non-hydrogen) atoms. The minimum absolute atomic E-state index is 0.262. The monoisotopic (exact) mass is 384 g/mol. The molecule has 0 unspecified atom stereocenters. The molecule has 1 saturated heterocycles. The second-order valence-corrected chi connectivity index (χ2v) is 7.75. The number of aromatic nitrogens is 1. The number of fused-ring (bicyclic) bond motifs is 1. The number of alkyl halides is 3. The fourth-order valence-electron chi connectivity index (χ4n) is 4.72. The van der Waals surface area contributed by atoms with E-state index in [0.717, 1.165) is 51.0 Å². The lowest BCUT2D eigenvalue weighted by atomic mass is 9.95. The van der Waals surface area contributed by atoms with Crippen LogP contribution in [0.2, 0.25) is 0 Å². The van der Waals surface area contributed by atoms with E-state index >= 15 is 0 Å². The maximum absolute atomic E-state index is 12.7. The van der Waals surface area contributed by atoms with E-state index in [1.807, 2.05) is 14.0 Å². The highest BCUT2D eigenvalue weighted by molar-refractivity contribution is 5.79. The first-order chi connectivity index (χ1) is 12.7. The number of hydrogen-bond acceptors (Lipinski definition) is 4. The first kappa shape index (κ1) is 19.9. The average molecular weight is 384 g/mol. The number of pyridine rings is 1. The van der Waals surface area contributed by atoms with Crippen molar-refractivity contribution in [1.29, 1.82) is 0 Å². The Morgan fingerprint density at radius 1 is 1.37 bits per heavy atom. The highest BCUT2D eigenvalue weighted by Crippen LogP contribution is 2.42. The van der Waals surface area contributed by atoms with Crippen LogP contribution in [-0.2, 0) is 11.0 Å². The molecule has 0 aromatic carbocycles. The van der Waals surface area contributed by atoms with Gasteiger partial charge in [-0.05, 0) is 50.3 Å². The molecule has 1 amide bonds. The van der Waals surface area contributed by atoms with Crippen molar-refractivity contribution in [3.05, 3.63) is 23.9 Å². The molecule has 1 aromatic heterocycles. The predicted octanol–water partition coefficient (Wildman–Crippen LogP) is 2.90. The van der Waals surface area contributed by atoms with Gasteiger partial charge < -0.3 is 10.6 Å². The summed E-state index contributed by atoms with van der Waals surface area (Å²) in [6.45, 7) is 3.58. The SMILES string of the molecule is CCC[C@@H](C(N)=O)N(C)[C@H]1CC[C@@H]2CN(c3ccc(C(F)(F)F)cn3)C[C@@H]21. The van der Waals surface area contributed by atoms with E-state index < -0.39 is 11.7 Å². The Kier molecular flexibility index (Phi) is 5.65. The number of hydrogen-bond donors (Lipinski definition) is 1. The second kappa shape index (κ2) is 7.66. The van der Waals surface area contributed by atoms with Crippen LogP contribution in [0.3, 0.4) is 0 Å². The Balaban J connectivity index is 1.70. The summed E-state index contributed by atoms with van der Waals surface area (Å²) in [4.78, 5) is 20.1. The third kappa shape index (κ3) is 4.05. The minimum Gasteiger partial charge on any atom is -0.368 e. The third-order valence-corrected chi connectivity index (χ3v) is 6.12. The van der Waals surface area contributed by atoms with E-state index in [4.69, 9.17) is 5.73 Å². The summed E-state index contributed by atoms with van der Waals surface area (Å²) in [6, 6.07) is 2.53. The van der Waals surface area contributed by atoms with Crippen molar-refractivity contribution in [3.63, 3.8) is 0 Å². The summed E-state index contributed by atoms with van der Waals surface area (Å²) in [7, 11) is 1.97. The quantitative estimate of drug-likeness (QED) is 0.819. The van der Waals surface area contributed by atoms with Crippen molar-refractivity contribution in [1.82, 2.24) is 9.88 Å². The van der Waals surface area contributed by atoms with Crippen LogP contribution in [0.15, 0.2) is 18.3 Å². The van der Waals surface area contributed by atoms with Gasteiger partial charge in [0, 0.05) is 25.3 Å². The molecular weight excluding hydrogens is 357 g/mol. The first-order valence-corrected chi connectivity index (χ1v) is 9.51. The highest BCUT2D eigenvalue weighted by Gasteiger charge is 2.46. The normalized spacial score (nSPS) is 26.4. The lowest BCUT2D eigenvalue weighted by Crippen LogP contribution is -2.49. The zero-order valence-corrected chi connectivity index (χ0v) is 15.7. The van der Waals surface area contributed by atoms with Crippen LogP contribution in [-0.4, -0.2) is 48.0 Å². The molecule has 2 aliphatic rings. The second-order valence-electron chi connectivity index (χ2n) is 7.75. The van der Waals surface area contributed by atoms with E-state index in [0.29, 0.717) is 17.7 Å². The smallest absolute Gasteiger partial charge is 0.368 e. The molecule has 1 aliphatic carbocycles. The molecule has 1 aliphatic heterocycles. The van der Waals surface area contributed by atoms with Gasteiger partial charge in [-0.1, -0.05) is 13.3 Å². The Hall–Kier alpha value is -1.83. The molecule has 2 N–H and O–H groups in total. The van der Waals surface area contributed by atoms with Gasteiger partial charge in [-0.3, -0.25) is 9.69 Å². The van der Waals surface area contributed by atoms with Crippen LogP contribution < -0.4 is 10.6 Å². The number of rotatable bonds is 6. The van der Waals surface area contributed by atoms with Crippen LogP contribution in [0.4, 0.5) is 19.0 Å². The van der Waals surface area contributed by atoms with Crippen molar-refractivity contribution in [3.8, 4) is 0 Å². The number of primary amides is 1. The van der Waals surface area contributed by atoms with Gasteiger partial charge in [-0.25, -0.2) is 4.98 Å². The lowest BCUT2D eigenvalue weighted by molar-refractivity contribution is -0.137. The number of nitrogens with two attached hydrogens (primary N) is 1. The summed E-state index contributed by atoms with van der Waals surface area (Å²) in [5, 5.41) is 0. The van der Waals surface area contributed by atoms with Gasteiger partial charge in [-0.15, -0.1) is 0 Å². The number of halogens is 3. The van der Waals surface area contributed by atoms with E-state index in [9.17, 15) is 18.0 Å². The molecule has 0 bridgehead atoms. The van der Waals surface area contributed by atoms with Gasteiger partial charge >= 0.3 is 6.18 Å². The molecule has 0 spiro atoms. The molecule has 3 rings (SSSR count). The molecular formula is C19H27F3N4O. The Morgan fingerprint density at radius 3 is 2.67 bits per heavy atom. The molecule has 8 heteroatoms. The van der Waals surface area contributed by atoms with Crippen molar-refractivity contribution in [2.24, 2.45) is 17.6 Å². The Morgan fingerprint density at radius 2 is 2.11 bits per heavy atom. The third-order valence-electron chi connectivity index (χ3n) is 6.12. The zero-order chi connectivity index (χ0) is 19.8. The maximum atomic E-state index is 12.7. The van der Waals surface area contributed by atoms with Gasteiger partial charge in [0.25, 0.3) is 0 Å². The largest absolute Gasteiger partial charge is 0.417 e. The van der Waals surface area contributed by atoms with Gasteiger partial charge in [0.15, 0.2) is 0 Å². The summed E-state index contributed by atoms with van der Waals surface area (Å²) >= 11 is 0. The van der Waals surface area contributed by atoms with Crippen LogP contribution in [0.5, 0.6) is 0 Å². The molecule has 150 valence electrons. The summed E-state index contributed by atoms with van der Waals surface area (Å²) in [5.74, 6) is 1.13. The number of likely N-dealkylation sites (N-methyl/N-ethyl adjacent to an activating group) is 1. The molecule has 1 aromatic rings. The van der Waals surface area contributed by atoms with Crippen molar-refractivity contribution in [2.75, 3.05) is 25.0 Å². The molecule has 2 heterocycles. The molecule has 2 fully saturated rings.